The van der Waals surface area contributed by atoms with E-state index >= 15 is 0 Å². The number of methoxy groups -OCH3 is 2. The Morgan fingerprint density at radius 2 is 1.78 bits per heavy atom. The fraction of sp³-hybridized carbons (Fsp3) is 0.435. The Bertz CT molecular complexity index is 768. The molecule has 0 fully saturated rings. The monoisotopic (exact) mass is 369 g/mol. The van der Waals surface area contributed by atoms with Crippen LogP contribution in [0.15, 0.2) is 36.4 Å². The van der Waals surface area contributed by atoms with E-state index in [2.05, 4.69) is 25.2 Å². The van der Waals surface area contributed by atoms with Gasteiger partial charge in [-0.15, -0.1) is 0 Å². The molecule has 27 heavy (non-hydrogen) atoms. The Balaban J connectivity index is 1.85. The molecule has 0 aliphatic carbocycles. The van der Waals surface area contributed by atoms with Gasteiger partial charge in [0.15, 0.2) is 11.5 Å². The van der Waals surface area contributed by atoms with Gasteiger partial charge >= 0.3 is 0 Å². The molecule has 0 heterocycles. The molecule has 4 heteroatoms. The number of para-hydroxylation sites is 1. The van der Waals surface area contributed by atoms with E-state index < -0.39 is 0 Å². The summed E-state index contributed by atoms with van der Waals surface area (Å²) in [7, 11) is 3.28. The lowest BCUT2D eigenvalue weighted by molar-refractivity contribution is -0.116. The number of unbranched alkanes of at least 4 members (excludes halogenated alkanes) is 1. The predicted molar refractivity (Wildman–Crippen MR) is 111 cm³/mol. The van der Waals surface area contributed by atoms with E-state index in [-0.39, 0.29) is 5.91 Å². The molecule has 2 aromatic carbocycles. The van der Waals surface area contributed by atoms with Gasteiger partial charge in [-0.25, -0.2) is 0 Å². The van der Waals surface area contributed by atoms with Crippen molar-refractivity contribution in [2.75, 3.05) is 19.5 Å². The van der Waals surface area contributed by atoms with Crippen LogP contribution >= 0.6 is 0 Å². The molecule has 4 nitrogen and oxygen atoms in total. The highest BCUT2D eigenvalue weighted by molar-refractivity contribution is 5.92. The summed E-state index contributed by atoms with van der Waals surface area (Å²) < 4.78 is 10.6. The number of hydrogen-bond acceptors (Lipinski definition) is 3. The minimum Gasteiger partial charge on any atom is -0.493 e. The van der Waals surface area contributed by atoms with Crippen LogP contribution in [0.5, 0.6) is 11.5 Å². The summed E-state index contributed by atoms with van der Waals surface area (Å²) >= 11 is 0. The zero-order chi connectivity index (χ0) is 19.8. The van der Waals surface area contributed by atoms with Crippen LogP contribution in [0.1, 0.15) is 55.7 Å². The third kappa shape index (κ3) is 5.75. The zero-order valence-corrected chi connectivity index (χ0v) is 17.1. The minimum absolute atomic E-state index is 0.0820. The number of carbonyl (C=O) groups excluding carboxylic acids is 1. The van der Waals surface area contributed by atoms with Crippen molar-refractivity contribution < 1.29 is 14.3 Å². The maximum Gasteiger partial charge on any atom is 0.224 e. The van der Waals surface area contributed by atoms with E-state index in [0.717, 1.165) is 42.0 Å². The van der Waals surface area contributed by atoms with Crippen LogP contribution < -0.4 is 14.8 Å². The van der Waals surface area contributed by atoms with Crippen molar-refractivity contribution in [1.29, 1.82) is 0 Å². The molecule has 2 aromatic rings. The molecule has 0 saturated heterocycles. The number of anilines is 1. The second kappa shape index (κ2) is 10.0. The molecule has 0 unspecified atom stereocenters. The van der Waals surface area contributed by atoms with E-state index in [1.165, 1.54) is 11.1 Å². The lowest BCUT2D eigenvalue weighted by Gasteiger charge is -2.16. The van der Waals surface area contributed by atoms with Crippen LogP contribution in [0, 0.1) is 6.92 Å². The summed E-state index contributed by atoms with van der Waals surface area (Å²) in [5.74, 6) is 1.94. The molecule has 0 radical (unpaired) electrons. The second-order valence-electron chi connectivity index (χ2n) is 7.14. The maximum atomic E-state index is 12.4. The van der Waals surface area contributed by atoms with E-state index in [0.29, 0.717) is 12.3 Å². The molecule has 2 rings (SSSR count). The molecule has 1 N–H and O–H groups in total. The van der Waals surface area contributed by atoms with Gasteiger partial charge in [-0.05, 0) is 60.9 Å². The number of carbonyl (C=O) groups is 1. The highest BCUT2D eigenvalue weighted by Crippen LogP contribution is 2.29. The molecular formula is C23H31NO3. The number of nitrogens with one attached hydrogen (secondary N) is 1. The van der Waals surface area contributed by atoms with Crippen LogP contribution in [-0.2, 0) is 11.2 Å². The summed E-state index contributed by atoms with van der Waals surface area (Å²) in [5, 5.41) is 3.12. The van der Waals surface area contributed by atoms with Gasteiger partial charge < -0.3 is 14.8 Å². The first-order chi connectivity index (χ1) is 13.0. The summed E-state index contributed by atoms with van der Waals surface area (Å²) in [6.45, 7) is 6.33. The van der Waals surface area contributed by atoms with Crippen molar-refractivity contribution in [3.63, 3.8) is 0 Å². The minimum atomic E-state index is 0.0820. The molecule has 0 spiro atoms. The largest absolute Gasteiger partial charge is 0.493 e. The summed E-state index contributed by atoms with van der Waals surface area (Å²) in [6, 6.07) is 12.1. The van der Waals surface area contributed by atoms with Crippen molar-refractivity contribution in [2.24, 2.45) is 0 Å². The number of hydrogen-bond donors (Lipinski definition) is 1. The van der Waals surface area contributed by atoms with Gasteiger partial charge in [0.25, 0.3) is 0 Å². The molecule has 0 bridgehead atoms. The lowest BCUT2D eigenvalue weighted by Crippen LogP contribution is -2.14. The number of benzene rings is 2. The fourth-order valence-corrected chi connectivity index (χ4v) is 3.20. The zero-order valence-electron chi connectivity index (χ0n) is 17.1. The third-order valence-corrected chi connectivity index (χ3v) is 4.76. The highest BCUT2D eigenvalue weighted by atomic mass is 16.5. The third-order valence-electron chi connectivity index (χ3n) is 4.76. The highest BCUT2D eigenvalue weighted by Gasteiger charge is 2.12. The summed E-state index contributed by atoms with van der Waals surface area (Å²) in [6.07, 6.45) is 3.24. The van der Waals surface area contributed by atoms with Gasteiger partial charge in [0, 0.05) is 12.1 Å². The molecule has 0 saturated carbocycles. The van der Waals surface area contributed by atoms with E-state index in [9.17, 15) is 4.79 Å². The molecule has 0 aliphatic rings. The fourth-order valence-electron chi connectivity index (χ4n) is 3.20. The Labute approximate surface area is 162 Å². The Morgan fingerprint density at radius 3 is 2.44 bits per heavy atom. The number of ether oxygens (including phenoxy) is 2. The quantitative estimate of drug-likeness (QED) is 0.595. The Hall–Kier alpha value is -2.49. The van der Waals surface area contributed by atoms with E-state index in [1.807, 2.05) is 37.3 Å². The topological polar surface area (TPSA) is 47.6 Å². The number of amides is 1. The maximum absolute atomic E-state index is 12.4. The van der Waals surface area contributed by atoms with Crippen molar-refractivity contribution in [2.45, 2.75) is 52.4 Å². The Kier molecular flexibility index (Phi) is 7.71. The van der Waals surface area contributed by atoms with Gasteiger partial charge in [-0.1, -0.05) is 38.1 Å². The van der Waals surface area contributed by atoms with Gasteiger partial charge in [0.1, 0.15) is 0 Å². The smallest absolute Gasteiger partial charge is 0.224 e. The first-order valence-corrected chi connectivity index (χ1v) is 9.56. The standard InChI is InChI=1S/C23H31NO3/c1-16(2)19-11-8-9-17(3)23(19)24-22(25)12-7-6-10-18-13-14-20(26-4)21(15-18)27-5/h8-9,11,13-16H,6-7,10,12H2,1-5H3,(H,24,25). The first kappa shape index (κ1) is 20.8. The molecule has 146 valence electrons. The average Bonchev–Trinajstić information content (AvgIpc) is 2.66. The van der Waals surface area contributed by atoms with Crippen molar-refractivity contribution >= 4 is 11.6 Å². The summed E-state index contributed by atoms with van der Waals surface area (Å²) in [4.78, 5) is 12.4. The van der Waals surface area contributed by atoms with Crippen LogP contribution in [0.2, 0.25) is 0 Å². The summed E-state index contributed by atoms with van der Waals surface area (Å²) in [5.41, 5.74) is 4.46. The van der Waals surface area contributed by atoms with Crippen molar-refractivity contribution in [3.05, 3.63) is 53.1 Å². The van der Waals surface area contributed by atoms with Crippen LogP contribution in [-0.4, -0.2) is 20.1 Å². The Morgan fingerprint density at radius 1 is 1.04 bits per heavy atom. The van der Waals surface area contributed by atoms with Crippen LogP contribution in [0.3, 0.4) is 0 Å². The van der Waals surface area contributed by atoms with Crippen LogP contribution in [0.25, 0.3) is 0 Å². The van der Waals surface area contributed by atoms with Gasteiger partial charge in [-0.3, -0.25) is 4.79 Å². The predicted octanol–water partition coefficient (Wildman–Crippen LogP) is 5.49. The van der Waals surface area contributed by atoms with Crippen molar-refractivity contribution in [1.82, 2.24) is 0 Å². The van der Waals surface area contributed by atoms with Crippen LogP contribution in [0.4, 0.5) is 5.69 Å². The molecule has 0 aromatic heterocycles. The molecular weight excluding hydrogens is 338 g/mol. The van der Waals surface area contributed by atoms with Crippen molar-refractivity contribution in [3.8, 4) is 11.5 Å². The first-order valence-electron chi connectivity index (χ1n) is 9.56. The van der Waals surface area contributed by atoms with Gasteiger partial charge in [0.2, 0.25) is 5.91 Å². The average molecular weight is 370 g/mol. The van der Waals surface area contributed by atoms with Gasteiger partial charge in [0.05, 0.1) is 14.2 Å². The SMILES string of the molecule is COc1ccc(CCCCC(=O)Nc2c(C)cccc2C(C)C)cc1OC. The number of aryl methyl sites for hydroxylation is 2. The normalized spacial score (nSPS) is 10.7. The van der Waals surface area contributed by atoms with E-state index in [1.54, 1.807) is 14.2 Å². The lowest BCUT2D eigenvalue weighted by atomic mass is 9.98. The second-order valence-corrected chi connectivity index (χ2v) is 7.14. The molecule has 1 amide bonds. The number of rotatable bonds is 9. The molecule has 0 aliphatic heterocycles. The van der Waals surface area contributed by atoms with Gasteiger partial charge in [-0.2, -0.15) is 0 Å². The molecule has 0 atom stereocenters. The van der Waals surface area contributed by atoms with E-state index in [4.69, 9.17) is 9.47 Å².